The zero-order chi connectivity index (χ0) is 22.2. The van der Waals surface area contributed by atoms with Gasteiger partial charge in [-0.05, 0) is 85.3 Å². The third-order valence-electron chi connectivity index (χ3n) is 8.26. The average molecular weight is 443 g/mol. The van der Waals surface area contributed by atoms with Crippen LogP contribution in [0.4, 0.5) is 13.2 Å². The number of hydrogen-bond donors (Lipinski definition) is 0. The Hall–Kier alpha value is -1.97. The van der Waals surface area contributed by atoms with E-state index >= 15 is 0 Å². The van der Waals surface area contributed by atoms with Crippen molar-refractivity contribution < 1.29 is 17.9 Å². The number of hydrogen-bond acceptors (Lipinski definition) is 1. The van der Waals surface area contributed by atoms with Gasteiger partial charge in [-0.25, -0.2) is 13.2 Å². The highest BCUT2D eigenvalue weighted by molar-refractivity contribution is 6.03. The van der Waals surface area contributed by atoms with Crippen molar-refractivity contribution in [1.82, 2.24) is 0 Å². The van der Waals surface area contributed by atoms with Gasteiger partial charge in [0.2, 0.25) is 0 Å². The van der Waals surface area contributed by atoms with E-state index in [1.807, 2.05) is 0 Å². The van der Waals surface area contributed by atoms with Gasteiger partial charge in [-0.3, -0.25) is 0 Å². The molecule has 0 heterocycles. The lowest BCUT2D eigenvalue weighted by molar-refractivity contribution is 0.163. The minimum atomic E-state index is -0.918. The Bertz CT molecular complexity index is 985. The second-order valence-corrected chi connectivity index (χ2v) is 10.0. The number of ether oxygens (including phenoxy) is 1. The third-order valence-corrected chi connectivity index (χ3v) is 8.26. The molecule has 0 unspecified atom stereocenters. The van der Waals surface area contributed by atoms with Crippen LogP contribution in [0.2, 0.25) is 0 Å². The maximum Gasteiger partial charge on any atom is 0.173 e. The van der Waals surface area contributed by atoms with Gasteiger partial charge >= 0.3 is 0 Å². The summed E-state index contributed by atoms with van der Waals surface area (Å²) >= 11 is 0. The number of rotatable bonds is 6. The summed E-state index contributed by atoms with van der Waals surface area (Å²) in [6.07, 6.45) is 13.5. The standard InChI is InChI=1S/C28H33F3O/c1-2-32-23-15-14-21-22-16-20(26(29)28(31)25(22)24(21)27(23)30)13-10-17-8-11-19(12-9-17)18-6-4-3-5-7-18/h14-19H,2-13H2,1H3. The molecule has 32 heavy (non-hydrogen) atoms. The number of benzene rings is 2. The predicted molar refractivity (Wildman–Crippen MR) is 122 cm³/mol. The SMILES string of the molecule is CCOc1ccc2c(c1F)-c1c-2cc(CCC2CCC(C3CCCCC3)CC2)c(F)c1F. The van der Waals surface area contributed by atoms with Gasteiger partial charge in [0, 0.05) is 11.1 Å². The Kier molecular flexibility index (Phi) is 6.22. The lowest BCUT2D eigenvalue weighted by Crippen LogP contribution is -2.23. The molecule has 0 bridgehead atoms. The highest BCUT2D eigenvalue weighted by Gasteiger charge is 2.34. The summed E-state index contributed by atoms with van der Waals surface area (Å²) in [6.45, 7) is 2.09. The van der Waals surface area contributed by atoms with Crippen LogP contribution in [0.25, 0.3) is 22.3 Å². The molecular weight excluding hydrogens is 409 g/mol. The van der Waals surface area contributed by atoms with Gasteiger partial charge < -0.3 is 4.74 Å². The number of fused-ring (bicyclic) bond motifs is 4. The van der Waals surface area contributed by atoms with Crippen molar-refractivity contribution in [1.29, 1.82) is 0 Å². The summed E-state index contributed by atoms with van der Waals surface area (Å²) in [5.74, 6) is 0.159. The highest BCUT2D eigenvalue weighted by Crippen LogP contribution is 2.53. The Labute approximate surface area is 189 Å². The number of halogens is 3. The maximum atomic E-state index is 14.9. The third kappa shape index (κ3) is 3.84. The molecule has 1 nitrogen and oxygen atoms in total. The first-order valence-electron chi connectivity index (χ1n) is 12.5. The first-order valence-corrected chi connectivity index (χ1v) is 12.5. The molecule has 0 spiro atoms. The van der Waals surface area contributed by atoms with Crippen molar-refractivity contribution in [2.24, 2.45) is 17.8 Å². The van der Waals surface area contributed by atoms with E-state index < -0.39 is 17.5 Å². The molecule has 0 saturated heterocycles. The summed E-state index contributed by atoms with van der Waals surface area (Å²) in [4.78, 5) is 0. The van der Waals surface area contributed by atoms with Gasteiger partial charge in [0.25, 0.3) is 0 Å². The lowest BCUT2D eigenvalue weighted by atomic mass is 9.70. The first kappa shape index (κ1) is 21.9. The van der Waals surface area contributed by atoms with Crippen LogP contribution < -0.4 is 4.74 Å². The smallest absolute Gasteiger partial charge is 0.173 e. The Morgan fingerprint density at radius 2 is 1.47 bits per heavy atom. The molecule has 4 heteroatoms. The van der Waals surface area contributed by atoms with Crippen LogP contribution in [-0.2, 0) is 6.42 Å². The summed E-state index contributed by atoms with van der Waals surface area (Å²) in [5, 5.41) is 0. The fraction of sp³-hybridized carbons (Fsp3) is 0.571. The van der Waals surface area contributed by atoms with Gasteiger partial charge in [-0.1, -0.05) is 44.9 Å². The van der Waals surface area contributed by atoms with Crippen LogP contribution in [0.5, 0.6) is 5.75 Å². The molecule has 0 radical (unpaired) electrons. The zero-order valence-electron chi connectivity index (χ0n) is 19.0. The minimum Gasteiger partial charge on any atom is -0.491 e. The Morgan fingerprint density at radius 3 is 2.19 bits per heavy atom. The largest absolute Gasteiger partial charge is 0.491 e. The summed E-state index contributed by atoms with van der Waals surface area (Å²) < 4.78 is 49.8. The van der Waals surface area contributed by atoms with E-state index in [9.17, 15) is 13.2 Å². The molecule has 0 N–H and O–H groups in total. The summed E-state index contributed by atoms with van der Waals surface area (Å²) in [6, 6.07) is 5.06. The van der Waals surface area contributed by atoms with E-state index in [1.165, 1.54) is 57.8 Å². The van der Waals surface area contributed by atoms with E-state index in [0.29, 0.717) is 35.6 Å². The van der Waals surface area contributed by atoms with Gasteiger partial charge in [-0.2, -0.15) is 0 Å². The van der Waals surface area contributed by atoms with Crippen molar-refractivity contribution in [3.05, 3.63) is 41.2 Å². The van der Waals surface area contributed by atoms with Crippen LogP contribution in [0.1, 0.15) is 76.7 Å². The molecule has 172 valence electrons. The Balaban J connectivity index is 1.25. The molecule has 0 aromatic heterocycles. The number of aryl methyl sites for hydroxylation is 1. The van der Waals surface area contributed by atoms with Crippen molar-refractivity contribution in [3.63, 3.8) is 0 Å². The maximum absolute atomic E-state index is 14.9. The molecule has 3 aliphatic rings. The second-order valence-electron chi connectivity index (χ2n) is 10.0. The topological polar surface area (TPSA) is 9.23 Å². The fourth-order valence-corrected chi connectivity index (χ4v) is 6.46. The van der Waals surface area contributed by atoms with Crippen LogP contribution in [0, 0.1) is 35.2 Å². The van der Waals surface area contributed by atoms with Crippen molar-refractivity contribution in [2.45, 2.75) is 77.6 Å². The molecule has 2 saturated carbocycles. The molecular formula is C28H33F3O. The van der Waals surface area contributed by atoms with Gasteiger partial charge in [-0.15, -0.1) is 0 Å². The molecule has 3 aliphatic carbocycles. The van der Waals surface area contributed by atoms with Crippen LogP contribution >= 0.6 is 0 Å². The van der Waals surface area contributed by atoms with E-state index in [1.54, 1.807) is 25.1 Å². The molecule has 0 aliphatic heterocycles. The van der Waals surface area contributed by atoms with Crippen molar-refractivity contribution in [2.75, 3.05) is 6.61 Å². The monoisotopic (exact) mass is 442 g/mol. The predicted octanol–water partition coefficient (Wildman–Crippen LogP) is 8.47. The van der Waals surface area contributed by atoms with E-state index in [2.05, 4.69) is 0 Å². The lowest BCUT2D eigenvalue weighted by Gasteiger charge is -2.36. The van der Waals surface area contributed by atoms with Crippen molar-refractivity contribution >= 4 is 0 Å². The highest BCUT2D eigenvalue weighted by atomic mass is 19.2. The van der Waals surface area contributed by atoms with Crippen LogP contribution in [0.3, 0.4) is 0 Å². The van der Waals surface area contributed by atoms with Gasteiger partial charge in [0.05, 0.1) is 6.61 Å². The second kappa shape index (κ2) is 9.11. The molecule has 2 fully saturated rings. The molecule has 2 aromatic rings. The minimum absolute atomic E-state index is 0.0632. The van der Waals surface area contributed by atoms with E-state index in [4.69, 9.17) is 4.74 Å². The molecule has 5 rings (SSSR count). The normalized spacial score (nSPS) is 22.8. The van der Waals surface area contributed by atoms with Crippen LogP contribution in [-0.4, -0.2) is 6.61 Å². The average Bonchev–Trinajstić information content (AvgIpc) is 2.81. The van der Waals surface area contributed by atoms with E-state index in [-0.39, 0.29) is 16.9 Å². The van der Waals surface area contributed by atoms with E-state index in [0.717, 1.165) is 18.3 Å². The zero-order valence-corrected chi connectivity index (χ0v) is 19.0. The quantitative estimate of drug-likeness (QED) is 0.372. The summed E-state index contributed by atoms with van der Waals surface area (Å²) in [5.41, 5.74) is 1.91. The van der Waals surface area contributed by atoms with Crippen molar-refractivity contribution in [3.8, 4) is 28.0 Å². The summed E-state index contributed by atoms with van der Waals surface area (Å²) in [7, 11) is 0. The first-order chi connectivity index (χ1) is 15.6. The van der Waals surface area contributed by atoms with Gasteiger partial charge in [0.1, 0.15) is 0 Å². The van der Waals surface area contributed by atoms with Crippen LogP contribution in [0.15, 0.2) is 18.2 Å². The molecule has 0 amide bonds. The fourth-order valence-electron chi connectivity index (χ4n) is 6.46. The Morgan fingerprint density at radius 1 is 0.781 bits per heavy atom. The molecule has 2 aromatic carbocycles. The molecule has 0 atom stereocenters. The van der Waals surface area contributed by atoms with Gasteiger partial charge in [0.15, 0.2) is 23.2 Å².